The van der Waals surface area contributed by atoms with E-state index < -0.39 is 6.43 Å². The van der Waals surface area contributed by atoms with Crippen molar-refractivity contribution in [3.05, 3.63) is 0 Å². The van der Waals surface area contributed by atoms with Gasteiger partial charge in [-0.25, -0.2) is 8.78 Å². The fourth-order valence-electron chi connectivity index (χ4n) is 6.77. The van der Waals surface area contributed by atoms with E-state index in [1.165, 1.54) is 0 Å². The van der Waals surface area contributed by atoms with Gasteiger partial charge in [0.1, 0.15) is 5.50 Å². The highest BCUT2D eigenvalue weighted by Crippen LogP contribution is 2.38. The Morgan fingerprint density at radius 2 is 1.92 bits per heavy atom. The van der Waals surface area contributed by atoms with Crippen LogP contribution in [0, 0.1) is 23.7 Å². The summed E-state index contributed by atoms with van der Waals surface area (Å²) in [5.74, 6) is 0.123. The number of carbonyl (C=O) groups excluding carboxylic acids is 2. The van der Waals surface area contributed by atoms with Crippen LogP contribution in [-0.2, 0) is 14.3 Å². The number of nitrogens with zero attached hydrogens (tertiary/aromatic N) is 2. The summed E-state index contributed by atoms with van der Waals surface area (Å²) >= 11 is 8.11. The first kappa shape index (κ1) is 27.8. The van der Waals surface area contributed by atoms with Gasteiger partial charge in [-0.1, -0.05) is 0 Å². The van der Waals surface area contributed by atoms with Gasteiger partial charge in [-0.15, -0.1) is 23.4 Å². The molecule has 5 aliphatic rings. The van der Waals surface area contributed by atoms with Gasteiger partial charge in [0.25, 0.3) is 6.43 Å². The molecule has 0 aromatic heterocycles. The van der Waals surface area contributed by atoms with Crippen molar-refractivity contribution in [3.8, 4) is 0 Å². The number of rotatable bonds is 7. The lowest BCUT2D eigenvalue weighted by molar-refractivity contribution is -0.141. The minimum absolute atomic E-state index is 0.0283. The third-order valence-corrected chi connectivity index (χ3v) is 10.4. The number of likely N-dealkylation sites (tertiary alicyclic amines) is 2. The molecule has 5 saturated heterocycles. The molecule has 9 unspecified atom stereocenters. The summed E-state index contributed by atoms with van der Waals surface area (Å²) in [7, 11) is 1.73. The lowest BCUT2D eigenvalue weighted by Gasteiger charge is -2.45. The van der Waals surface area contributed by atoms with Crippen molar-refractivity contribution < 1.29 is 23.1 Å². The smallest absolute Gasteiger partial charge is 0.251 e. The topological polar surface area (TPSA) is 98.0 Å². The van der Waals surface area contributed by atoms with Crippen molar-refractivity contribution in [2.75, 3.05) is 52.9 Å². The highest BCUT2D eigenvalue weighted by molar-refractivity contribution is 8.00. The minimum atomic E-state index is -2.36. The fourth-order valence-corrected chi connectivity index (χ4v) is 8.48. The molecular formula is C24H39ClF2N6O3S. The van der Waals surface area contributed by atoms with Crippen molar-refractivity contribution in [2.45, 2.75) is 60.6 Å². The van der Waals surface area contributed by atoms with Gasteiger partial charge in [0, 0.05) is 63.7 Å². The molecule has 5 rings (SSSR count). The van der Waals surface area contributed by atoms with Gasteiger partial charge in [-0.3, -0.25) is 25.1 Å². The molecule has 0 spiro atoms. The molecule has 9 atom stereocenters. The largest absolute Gasteiger partial charge is 0.380 e. The third kappa shape index (κ3) is 6.20. The highest BCUT2D eigenvalue weighted by Gasteiger charge is 2.48. The Balaban J connectivity index is 1.12. The summed E-state index contributed by atoms with van der Waals surface area (Å²) in [6.45, 7) is 5.23. The van der Waals surface area contributed by atoms with Gasteiger partial charge in [-0.2, -0.15) is 0 Å². The molecule has 0 aromatic rings. The summed E-state index contributed by atoms with van der Waals surface area (Å²) in [6.07, 6.45) is -0.667. The first-order valence-corrected chi connectivity index (χ1v) is 14.7. The van der Waals surface area contributed by atoms with E-state index >= 15 is 0 Å². The first-order chi connectivity index (χ1) is 17.7. The van der Waals surface area contributed by atoms with Crippen LogP contribution in [0.25, 0.3) is 0 Å². The van der Waals surface area contributed by atoms with Crippen LogP contribution in [0.1, 0.15) is 19.8 Å². The lowest BCUT2D eigenvalue weighted by Crippen LogP contribution is -2.58. The van der Waals surface area contributed by atoms with Crippen LogP contribution in [-0.4, -0.2) is 115 Å². The zero-order valence-electron chi connectivity index (χ0n) is 21.4. The molecule has 5 fully saturated rings. The van der Waals surface area contributed by atoms with Crippen LogP contribution in [0.3, 0.4) is 0 Å². The molecule has 0 aliphatic carbocycles. The van der Waals surface area contributed by atoms with E-state index in [9.17, 15) is 18.4 Å². The van der Waals surface area contributed by atoms with Crippen LogP contribution in [0.2, 0.25) is 0 Å². The van der Waals surface area contributed by atoms with Crippen LogP contribution >= 0.6 is 23.4 Å². The predicted molar refractivity (Wildman–Crippen MR) is 138 cm³/mol. The molecular weight excluding hydrogens is 526 g/mol. The number of alkyl halides is 3. The van der Waals surface area contributed by atoms with E-state index in [2.05, 4.69) is 28.2 Å². The monoisotopic (exact) mass is 564 g/mol. The average molecular weight is 565 g/mol. The quantitative estimate of drug-likeness (QED) is 0.259. The Morgan fingerprint density at radius 3 is 2.62 bits per heavy atom. The highest BCUT2D eigenvalue weighted by atomic mass is 35.5. The number of carbonyl (C=O) groups is 2. The van der Waals surface area contributed by atoms with E-state index in [1.807, 2.05) is 4.90 Å². The number of nitrogens with one attached hydrogen (secondary N) is 4. The second-order valence-corrected chi connectivity index (χ2v) is 13.1. The number of methoxy groups -OCH3 is 1. The van der Waals surface area contributed by atoms with Crippen LogP contribution < -0.4 is 21.3 Å². The molecule has 2 amide bonds. The number of amides is 2. The van der Waals surface area contributed by atoms with E-state index in [0.717, 1.165) is 12.8 Å². The third-order valence-electron chi connectivity index (χ3n) is 8.75. The molecule has 4 N–H and O–H groups in total. The Morgan fingerprint density at radius 1 is 1.14 bits per heavy atom. The number of piperidine rings is 2. The van der Waals surface area contributed by atoms with E-state index in [4.69, 9.17) is 16.3 Å². The number of fused-ring (bicyclic) bond motifs is 1. The van der Waals surface area contributed by atoms with E-state index in [0.29, 0.717) is 45.3 Å². The fraction of sp³-hybridized carbons (Fsp3) is 0.917. The molecule has 5 heterocycles. The second kappa shape index (κ2) is 11.8. The first-order valence-electron chi connectivity index (χ1n) is 13.4. The van der Waals surface area contributed by atoms with E-state index in [1.54, 1.807) is 23.8 Å². The van der Waals surface area contributed by atoms with E-state index in [-0.39, 0.29) is 70.4 Å². The van der Waals surface area contributed by atoms with Crippen molar-refractivity contribution in [2.24, 2.45) is 23.7 Å². The van der Waals surface area contributed by atoms with Crippen molar-refractivity contribution >= 4 is 35.2 Å². The zero-order valence-corrected chi connectivity index (χ0v) is 22.9. The van der Waals surface area contributed by atoms with Crippen LogP contribution in [0.15, 0.2) is 0 Å². The molecule has 5 aliphatic heterocycles. The van der Waals surface area contributed by atoms with Gasteiger partial charge in [0.05, 0.1) is 30.0 Å². The second-order valence-electron chi connectivity index (χ2n) is 11.3. The summed E-state index contributed by atoms with van der Waals surface area (Å²) < 4.78 is 30.8. The Labute approximate surface area is 226 Å². The number of hydrogen-bond acceptors (Lipinski definition) is 8. The lowest BCUT2D eigenvalue weighted by atomic mass is 9.70. The SMILES string of the molecule is COC1CNC(Cl)CC1C1CC(C)NCC1C(=O)NC1NC2CN(C(=O)C3CN(CC(F)F)C3)CC2S1. The van der Waals surface area contributed by atoms with Crippen molar-refractivity contribution in [1.29, 1.82) is 0 Å². The summed E-state index contributed by atoms with van der Waals surface area (Å²) in [5.41, 5.74) is -0.313. The molecule has 0 saturated carbocycles. The van der Waals surface area contributed by atoms with Gasteiger partial charge < -0.3 is 20.3 Å². The normalized spacial score (nSPS) is 41.0. The molecule has 0 radical (unpaired) electrons. The Bertz CT molecular complexity index is 828. The van der Waals surface area contributed by atoms with Crippen molar-refractivity contribution in [1.82, 2.24) is 31.1 Å². The van der Waals surface area contributed by atoms with Gasteiger partial charge >= 0.3 is 0 Å². The molecule has 0 aromatic carbocycles. The standard InChI is InChI=1S/C24H39ClF2N6O3S/c1-12-3-14(15-4-20(25)29-6-18(15)36-2)16(5-28-12)22(34)31-24-30-17-9-33(10-19(17)37-24)23(35)13-7-32(8-13)11-21(26)27/h12-21,24,28-30H,3-11H2,1-2H3,(H,31,34). The van der Waals surface area contributed by atoms with Gasteiger partial charge in [0.15, 0.2) is 0 Å². The van der Waals surface area contributed by atoms with Crippen molar-refractivity contribution in [3.63, 3.8) is 0 Å². The number of hydrogen-bond donors (Lipinski definition) is 4. The molecule has 210 valence electrons. The zero-order chi connectivity index (χ0) is 26.3. The number of thioether (sulfide) groups is 1. The summed E-state index contributed by atoms with van der Waals surface area (Å²) in [4.78, 5) is 29.8. The maximum absolute atomic E-state index is 13.5. The van der Waals surface area contributed by atoms with Gasteiger partial charge in [0.2, 0.25) is 11.8 Å². The van der Waals surface area contributed by atoms with Crippen LogP contribution in [0.5, 0.6) is 0 Å². The molecule has 37 heavy (non-hydrogen) atoms. The summed E-state index contributed by atoms with van der Waals surface area (Å²) in [5, 5.41) is 13.7. The molecule has 13 heteroatoms. The number of ether oxygens (including phenoxy) is 1. The maximum atomic E-state index is 13.5. The average Bonchev–Trinajstić information content (AvgIpc) is 3.39. The predicted octanol–water partition coefficient (Wildman–Crippen LogP) is 0.303. The van der Waals surface area contributed by atoms with Crippen LogP contribution in [0.4, 0.5) is 8.78 Å². The Kier molecular flexibility index (Phi) is 8.84. The Hall–Kier alpha value is -0.760. The maximum Gasteiger partial charge on any atom is 0.251 e. The molecule has 0 bridgehead atoms. The van der Waals surface area contributed by atoms with Gasteiger partial charge in [-0.05, 0) is 31.6 Å². The molecule has 9 nitrogen and oxygen atoms in total. The number of halogens is 3. The summed E-state index contributed by atoms with van der Waals surface area (Å²) in [6, 6.07) is 0.436. The minimum Gasteiger partial charge on any atom is -0.380 e.